The lowest BCUT2D eigenvalue weighted by molar-refractivity contribution is -0.192. The summed E-state index contributed by atoms with van der Waals surface area (Å²) >= 11 is 0. The van der Waals surface area contributed by atoms with Crippen LogP contribution in [-0.4, -0.2) is 39.4 Å². The van der Waals surface area contributed by atoms with Crippen molar-refractivity contribution in [3.05, 3.63) is 71.3 Å². The largest absolute Gasteiger partial charge is 0.490 e. The number of nitrogens with zero attached hydrogens (tertiary/aromatic N) is 1. The van der Waals surface area contributed by atoms with E-state index in [1.165, 1.54) is 6.20 Å². The Bertz CT molecular complexity index is 1340. The number of carbonyl (C=O) groups excluding carboxylic acids is 2. The quantitative estimate of drug-likeness (QED) is 0.228. The first-order valence-corrected chi connectivity index (χ1v) is 10.4. The molecule has 1 aromatic heterocycles. The average Bonchev–Trinajstić information content (AvgIpc) is 3.28. The molecular weight excluding hydrogens is 545 g/mol. The number of primary amides is 1. The van der Waals surface area contributed by atoms with E-state index in [1.54, 1.807) is 31.2 Å². The predicted octanol–water partition coefficient (Wildman–Crippen LogP) is 5.12. The molecule has 0 saturated carbocycles. The number of aromatic nitrogens is 2. The van der Waals surface area contributed by atoms with Gasteiger partial charge in [-0.1, -0.05) is 12.1 Å². The zero-order chi connectivity index (χ0) is 29.5. The Balaban J connectivity index is 0.000000673. The molecule has 39 heavy (non-hydrogen) atoms. The third-order valence-electron chi connectivity index (χ3n) is 4.69. The molecule has 10 nitrogen and oxygen atoms in total. The summed E-state index contributed by atoms with van der Waals surface area (Å²) in [6.45, 7) is 1.79. The maximum Gasteiger partial charge on any atom is 0.490 e. The standard InChI is InChI=1S/C20H18F4N6O2.C2HF3O2/c1-10(27-16-9-26-30-17(16)18(25)31)11-3-2-4-13(7-11)28-19(32)29-15-8-12(20(22,23)24)5-6-14(15)21;3-2(4,5)1(6)7/h2-10,27H,1H3,(H2,25,31)(H,26,30)(H2,28,29,32);(H,6,7). The number of aliphatic carboxylic acids is 1. The van der Waals surface area contributed by atoms with Crippen LogP contribution < -0.4 is 21.7 Å². The second-order valence-electron chi connectivity index (χ2n) is 7.59. The van der Waals surface area contributed by atoms with Gasteiger partial charge < -0.3 is 26.8 Å². The molecule has 0 bridgehead atoms. The van der Waals surface area contributed by atoms with Crippen LogP contribution in [0.15, 0.2) is 48.7 Å². The van der Waals surface area contributed by atoms with Gasteiger partial charge in [-0.3, -0.25) is 9.89 Å². The molecule has 0 spiro atoms. The smallest absolute Gasteiger partial charge is 0.475 e. The first-order valence-electron chi connectivity index (χ1n) is 10.4. The van der Waals surface area contributed by atoms with Gasteiger partial charge in [0.05, 0.1) is 23.1 Å². The summed E-state index contributed by atoms with van der Waals surface area (Å²) < 4.78 is 84.0. The minimum absolute atomic E-state index is 0.105. The van der Waals surface area contributed by atoms with Crippen molar-refractivity contribution in [1.29, 1.82) is 0 Å². The number of urea groups is 1. The number of alkyl halides is 6. The monoisotopic (exact) mass is 564 g/mol. The van der Waals surface area contributed by atoms with E-state index in [1.807, 2.05) is 0 Å². The van der Waals surface area contributed by atoms with Gasteiger partial charge in [0.25, 0.3) is 5.91 Å². The number of aromatic amines is 1. The van der Waals surface area contributed by atoms with Gasteiger partial charge in [0.15, 0.2) is 0 Å². The lowest BCUT2D eigenvalue weighted by Gasteiger charge is -2.16. The van der Waals surface area contributed by atoms with Crippen LogP contribution in [0.25, 0.3) is 0 Å². The third kappa shape index (κ3) is 8.90. The van der Waals surface area contributed by atoms with Crippen LogP contribution in [0.5, 0.6) is 0 Å². The second-order valence-corrected chi connectivity index (χ2v) is 7.59. The van der Waals surface area contributed by atoms with Crippen molar-refractivity contribution in [3.8, 4) is 0 Å². The van der Waals surface area contributed by atoms with Crippen LogP contribution in [0.4, 0.5) is 52.6 Å². The Morgan fingerprint density at radius 2 is 1.64 bits per heavy atom. The van der Waals surface area contributed by atoms with E-state index in [9.17, 15) is 40.3 Å². The summed E-state index contributed by atoms with van der Waals surface area (Å²) in [5.41, 5.74) is 5.07. The van der Waals surface area contributed by atoms with Gasteiger partial charge in [-0.05, 0) is 42.8 Å². The van der Waals surface area contributed by atoms with Gasteiger partial charge in [0.1, 0.15) is 11.5 Å². The van der Waals surface area contributed by atoms with E-state index in [-0.39, 0.29) is 11.7 Å². The highest BCUT2D eigenvalue weighted by atomic mass is 19.4. The topological polar surface area (TPSA) is 162 Å². The Morgan fingerprint density at radius 1 is 1.00 bits per heavy atom. The van der Waals surface area contributed by atoms with E-state index < -0.39 is 47.3 Å². The molecule has 0 fully saturated rings. The number of carboxylic acid groups (broad SMARTS) is 1. The molecule has 0 saturated heterocycles. The number of amides is 3. The van der Waals surface area contributed by atoms with Crippen molar-refractivity contribution in [1.82, 2.24) is 10.2 Å². The number of nitrogens with one attached hydrogen (secondary N) is 4. The lowest BCUT2D eigenvalue weighted by Crippen LogP contribution is -2.21. The fourth-order valence-electron chi connectivity index (χ4n) is 2.87. The van der Waals surface area contributed by atoms with E-state index >= 15 is 0 Å². The fourth-order valence-corrected chi connectivity index (χ4v) is 2.87. The second kappa shape index (κ2) is 12.1. The SMILES string of the molecule is CC(Nc1cn[nH]c1C(N)=O)c1cccc(NC(=O)Nc2cc(C(F)(F)F)ccc2F)c1.O=C(O)C(F)(F)F. The molecule has 3 aromatic rings. The zero-order valence-corrected chi connectivity index (χ0v) is 19.5. The fraction of sp³-hybridized carbons (Fsp3) is 0.182. The number of benzene rings is 2. The first kappa shape index (κ1) is 30.4. The van der Waals surface area contributed by atoms with Crippen LogP contribution in [0.2, 0.25) is 0 Å². The molecule has 1 unspecified atom stereocenters. The summed E-state index contributed by atoms with van der Waals surface area (Å²) in [5.74, 6) is -4.45. The van der Waals surface area contributed by atoms with E-state index in [0.717, 1.165) is 0 Å². The molecule has 2 aromatic carbocycles. The Labute approximate surface area is 214 Å². The van der Waals surface area contributed by atoms with Gasteiger partial charge in [-0.2, -0.15) is 31.4 Å². The molecule has 0 aliphatic heterocycles. The number of hydrogen-bond acceptors (Lipinski definition) is 5. The molecule has 17 heteroatoms. The van der Waals surface area contributed by atoms with Crippen LogP contribution >= 0.6 is 0 Å². The Hall–Kier alpha value is -4.83. The molecule has 3 rings (SSSR count). The van der Waals surface area contributed by atoms with Gasteiger partial charge in [0.2, 0.25) is 0 Å². The van der Waals surface area contributed by atoms with Crippen LogP contribution in [0, 0.1) is 5.82 Å². The van der Waals surface area contributed by atoms with E-state index in [2.05, 4.69) is 26.1 Å². The minimum Gasteiger partial charge on any atom is -0.475 e. The van der Waals surface area contributed by atoms with Crippen molar-refractivity contribution < 1.29 is 50.2 Å². The number of carboxylic acids is 1. The highest BCUT2D eigenvalue weighted by Crippen LogP contribution is 2.32. The zero-order valence-electron chi connectivity index (χ0n) is 19.5. The highest BCUT2D eigenvalue weighted by Gasteiger charge is 2.38. The molecule has 1 heterocycles. The van der Waals surface area contributed by atoms with Crippen LogP contribution in [0.1, 0.15) is 34.6 Å². The lowest BCUT2D eigenvalue weighted by atomic mass is 10.1. The highest BCUT2D eigenvalue weighted by molar-refractivity contribution is 6.00. The molecule has 0 aliphatic rings. The molecule has 0 aliphatic carbocycles. The van der Waals surface area contributed by atoms with Crippen molar-refractivity contribution in [2.24, 2.45) is 5.73 Å². The number of nitrogens with two attached hydrogens (primary N) is 1. The number of anilines is 3. The van der Waals surface area contributed by atoms with Gasteiger partial charge >= 0.3 is 24.4 Å². The van der Waals surface area contributed by atoms with Crippen LogP contribution in [-0.2, 0) is 11.0 Å². The van der Waals surface area contributed by atoms with E-state index in [0.29, 0.717) is 35.1 Å². The third-order valence-corrected chi connectivity index (χ3v) is 4.69. The van der Waals surface area contributed by atoms with Crippen molar-refractivity contribution in [3.63, 3.8) is 0 Å². The number of rotatable bonds is 6. The summed E-state index contributed by atoms with van der Waals surface area (Å²) in [5, 5.41) is 20.9. The summed E-state index contributed by atoms with van der Waals surface area (Å²) in [6.07, 6.45) is -8.36. The molecule has 0 radical (unpaired) electrons. The predicted molar refractivity (Wildman–Crippen MR) is 123 cm³/mol. The van der Waals surface area contributed by atoms with Crippen LogP contribution in [0.3, 0.4) is 0 Å². The number of halogens is 7. The van der Waals surface area contributed by atoms with E-state index in [4.69, 9.17) is 15.6 Å². The van der Waals surface area contributed by atoms with Gasteiger partial charge in [0, 0.05) is 11.7 Å². The number of hydrogen-bond donors (Lipinski definition) is 6. The molecule has 210 valence electrons. The minimum atomic E-state index is -5.08. The van der Waals surface area contributed by atoms with Gasteiger partial charge in [-0.15, -0.1) is 0 Å². The molecule has 3 amide bonds. The molecular formula is C22H19F7N6O4. The van der Waals surface area contributed by atoms with Gasteiger partial charge in [-0.25, -0.2) is 14.0 Å². The molecule has 1 atom stereocenters. The summed E-state index contributed by atoms with van der Waals surface area (Å²) in [4.78, 5) is 32.5. The maximum atomic E-state index is 13.8. The maximum absolute atomic E-state index is 13.8. The average molecular weight is 564 g/mol. The molecule has 7 N–H and O–H groups in total. The summed E-state index contributed by atoms with van der Waals surface area (Å²) in [6, 6.07) is 6.99. The normalized spacial score (nSPS) is 12.0. The Morgan fingerprint density at radius 3 is 2.21 bits per heavy atom. The first-order chi connectivity index (χ1) is 18.0. The van der Waals surface area contributed by atoms with Crippen molar-refractivity contribution >= 4 is 35.0 Å². The number of H-pyrrole nitrogens is 1. The van der Waals surface area contributed by atoms with Crippen molar-refractivity contribution in [2.75, 3.05) is 16.0 Å². The summed E-state index contributed by atoms with van der Waals surface area (Å²) in [7, 11) is 0. The Kier molecular flexibility index (Phi) is 9.46. The number of carbonyl (C=O) groups is 3. The van der Waals surface area contributed by atoms with Crippen molar-refractivity contribution in [2.45, 2.75) is 25.3 Å².